The van der Waals surface area contributed by atoms with E-state index in [1.165, 1.54) is 12.1 Å². The Hall–Kier alpha value is -3.35. The summed E-state index contributed by atoms with van der Waals surface area (Å²) in [6.07, 6.45) is 3.43. The molecule has 1 heterocycles. The molecule has 26 heavy (non-hydrogen) atoms. The number of carbonyl (C=O) groups excluding carboxylic acids is 1. The van der Waals surface area contributed by atoms with E-state index < -0.39 is 17.9 Å². The molecule has 0 unspecified atom stereocenters. The highest BCUT2D eigenvalue weighted by Crippen LogP contribution is 2.29. The Morgan fingerprint density at radius 1 is 1.19 bits per heavy atom. The summed E-state index contributed by atoms with van der Waals surface area (Å²) in [5.74, 6) is 0.735. The number of urea groups is 1. The number of rotatable bonds is 5. The van der Waals surface area contributed by atoms with Gasteiger partial charge >= 0.3 is 6.03 Å². The Morgan fingerprint density at radius 2 is 1.92 bits per heavy atom. The number of aromatic nitrogens is 2. The first-order chi connectivity index (χ1) is 12.6. The van der Waals surface area contributed by atoms with Gasteiger partial charge in [-0.15, -0.1) is 0 Å². The van der Waals surface area contributed by atoms with Gasteiger partial charge in [-0.1, -0.05) is 30.3 Å². The van der Waals surface area contributed by atoms with Crippen LogP contribution in [0.5, 0.6) is 5.75 Å². The molecule has 2 aromatic carbocycles. The van der Waals surface area contributed by atoms with Crippen LogP contribution in [0, 0.1) is 5.82 Å². The van der Waals surface area contributed by atoms with E-state index in [-0.39, 0.29) is 5.69 Å². The summed E-state index contributed by atoms with van der Waals surface area (Å²) in [7, 11) is 3.40. The second-order valence-electron chi connectivity index (χ2n) is 5.65. The van der Waals surface area contributed by atoms with E-state index in [4.69, 9.17) is 4.74 Å². The van der Waals surface area contributed by atoms with Gasteiger partial charge in [0.15, 0.2) is 0 Å². The molecule has 7 heteroatoms. The first kappa shape index (κ1) is 17.5. The summed E-state index contributed by atoms with van der Waals surface area (Å²) >= 11 is 0. The van der Waals surface area contributed by atoms with Crippen molar-refractivity contribution in [1.82, 2.24) is 14.9 Å². The maximum Gasteiger partial charge on any atom is 0.320 e. The van der Waals surface area contributed by atoms with Crippen molar-refractivity contribution in [3.05, 3.63) is 78.1 Å². The number of hydrogen-bond acceptors (Lipinski definition) is 3. The number of aryl methyl sites for hydroxylation is 1. The number of anilines is 1. The Labute approximate surface area is 150 Å². The number of nitrogens with one attached hydrogen (secondary N) is 2. The van der Waals surface area contributed by atoms with Crippen molar-refractivity contribution in [2.75, 3.05) is 12.4 Å². The minimum absolute atomic E-state index is 0.101. The molecule has 1 atom stereocenters. The third-order valence-electron chi connectivity index (χ3n) is 3.96. The normalized spacial score (nSPS) is 11.7. The number of halogens is 1. The van der Waals surface area contributed by atoms with Crippen LogP contribution in [-0.4, -0.2) is 22.7 Å². The third kappa shape index (κ3) is 3.66. The van der Waals surface area contributed by atoms with Crippen molar-refractivity contribution in [3.8, 4) is 5.75 Å². The van der Waals surface area contributed by atoms with Crippen LogP contribution in [0.15, 0.2) is 60.9 Å². The number of ether oxygens (including phenoxy) is 1. The van der Waals surface area contributed by atoms with E-state index in [1.54, 1.807) is 36.2 Å². The lowest BCUT2D eigenvalue weighted by Crippen LogP contribution is -2.35. The molecule has 0 fully saturated rings. The predicted octanol–water partition coefficient (Wildman–Crippen LogP) is 3.48. The molecule has 0 radical (unpaired) electrons. The van der Waals surface area contributed by atoms with Crippen LogP contribution in [0.1, 0.15) is 17.4 Å². The number of benzene rings is 2. The smallest absolute Gasteiger partial charge is 0.320 e. The second kappa shape index (κ2) is 7.69. The fraction of sp³-hybridized carbons (Fsp3) is 0.158. The average Bonchev–Trinajstić information content (AvgIpc) is 3.07. The standard InChI is InChI=1S/C19H19FN4O2/c1-24-12-11-21-18(24)17(13-7-3-6-10-16(13)26-2)23-19(25)22-15-9-5-4-8-14(15)20/h3-12,17H,1-2H3,(H2,22,23,25)/t17-/m0/s1. The van der Waals surface area contributed by atoms with Crippen LogP contribution < -0.4 is 15.4 Å². The van der Waals surface area contributed by atoms with Crippen molar-refractivity contribution in [2.24, 2.45) is 7.05 Å². The van der Waals surface area contributed by atoms with Crippen molar-refractivity contribution < 1.29 is 13.9 Å². The molecular weight excluding hydrogens is 335 g/mol. The van der Waals surface area contributed by atoms with Gasteiger partial charge in [-0.2, -0.15) is 0 Å². The molecule has 6 nitrogen and oxygen atoms in total. The van der Waals surface area contributed by atoms with Gasteiger partial charge < -0.3 is 19.9 Å². The van der Waals surface area contributed by atoms with Gasteiger partial charge in [0.05, 0.1) is 12.8 Å². The quantitative estimate of drug-likeness (QED) is 0.737. The number of amides is 2. The first-order valence-electron chi connectivity index (χ1n) is 8.02. The first-order valence-corrected chi connectivity index (χ1v) is 8.02. The Bertz CT molecular complexity index is 910. The van der Waals surface area contributed by atoms with Gasteiger partial charge in [0.1, 0.15) is 23.4 Å². The summed E-state index contributed by atoms with van der Waals surface area (Å²) < 4.78 is 21.0. The van der Waals surface area contributed by atoms with E-state index in [9.17, 15) is 9.18 Å². The molecule has 0 spiro atoms. The highest BCUT2D eigenvalue weighted by molar-refractivity contribution is 5.89. The molecular formula is C19H19FN4O2. The van der Waals surface area contributed by atoms with Gasteiger partial charge in [0.25, 0.3) is 0 Å². The lowest BCUT2D eigenvalue weighted by molar-refractivity contribution is 0.249. The fourth-order valence-corrected chi connectivity index (χ4v) is 2.69. The van der Waals surface area contributed by atoms with Crippen LogP contribution in [0.25, 0.3) is 0 Å². The van der Waals surface area contributed by atoms with Gasteiger partial charge in [0.2, 0.25) is 0 Å². The number of methoxy groups -OCH3 is 1. The van der Waals surface area contributed by atoms with Crippen molar-refractivity contribution in [2.45, 2.75) is 6.04 Å². The van der Waals surface area contributed by atoms with Crippen LogP contribution in [0.4, 0.5) is 14.9 Å². The minimum atomic E-state index is -0.571. The molecule has 2 N–H and O–H groups in total. The van der Waals surface area contributed by atoms with E-state index in [0.29, 0.717) is 11.6 Å². The highest BCUT2D eigenvalue weighted by atomic mass is 19.1. The molecule has 2 amide bonds. The average molecular weight is 354 g/mol. The minimum Gasteiger partial charge on any atom is -0.496 e. The zero-order chi connectivity index (χ0) is 18.5. The molecule has 0 aliphatic heterocycles. The van der Waals surface area contributed by atoms with Crippen molar-refractivity contribution in [3.63, 3.8) is 0 Å². The number of hydrogen-bond donors (Lipinski definition) is 2. The number of para-hydroxylation sites is 2. The van der Waals surface area contributed by atoms with E-state index >= 15 is 0 Å². The van der Waals surface area contributed by atoms with Gasteiger partial charge in [-0.3, -0.25) is 0 Å². The van der Waals surface area contributed by atoms with E-state index in [1.807, 2.05) is 31.3 Å². The Kier molecular flexibility index (Phi) is 5.17. The van der Waals surface area contributed by atoms with E-state index in [0.717, 1.165) is 5.56 Å². The molecule has 3 rings (SSSR count). The second-order valence-corrected chi connectivity index (χ2v) is 5.65. The van der Waals surface area contributed by atoms with Crippen LogP contribution in [-0.2, 0) is 7.05 Å². The molecule has 0 saturated heterocycles. The predicted molar refractivity (Wildman–Crippen MR) is 96.6 cm³/mol. The van der Waals surface area contributed by atoms with Crippen LogP contribution >= 0.6 is 0 Å². The molecule has 0 saturated carbocycles. The third-order valence-corrected chi connectivity index (χ3v) is 3.96. The zero-order valence-corrected chi connectivity index (χ0v) is 14.4. The summed E-state index contributed by atoms with van der Waals surface area (Å²) in [5.41, 5.74) is 0.844. The van der Waals surface area contributed by atoms with Crippen molar-refractivity contribution >= 4 is 11.7 Å². The Balaban J connectivity index is 1.91. The molecule has 134 valence electrons. The maximum atomic E-state index is 13.8. The lowest BCUT2D eigenvalue weighted by Gasteiger charge is -2.21. The van der Waals surface area contributed by atoms with Gasteiger partial charge in [-0.25, -0.2) is 14.2 Å². The maximum absolute atomic E-state index is 13.8. The van der Waals surface area contributed by atoms with Crippen LogP contribution in [0.3, 0.4) is 0 Å². The Morgan fingerprint density at radius 3 is 2.62 bits per heavy atom. The largest absolute Gasteiger partial charge is 0.496 e. The van der Waals surface area contributed by atoms with Crippen molar-refractivity contribution in [1.29, 1.82) is 0 Å². The number of imidazole rings is 1. The fourth-order valence-electron chi connectivity index (χ4n) is 2.69. The molecule has 0 aliphatic rings. The van der Waals surface area contributed by atoms with Gasteiger partial charge in [-0.05, 0) is 18.2 Å². The SMILES string of the molecule is COc1ccccc1[C@H](NC(=O)Nc1ccccc1F)c1nccn1C. The molecule has 1 aromatic heterocycles. The van der Waals surface area contributed by atoms with Crippen LogP contribution in [0.2, 0.25) is 0 Å². The number of nitrogens with zero attached hydrogens (tertiary/aromatic N) is 2. The number of carbonyl (C=O) groups is 1. The lowest BCUT2D eigenvalue weighted by atomic mass is 10.0. The molecule has 3 aromatic rings. The zero-order valence-electron chi connectivity index (χ0n) is 14.4. The summed E-state index contributed by atoms with van der Waals surface area (Å²) in [6.45, 7) is 0. The summed E-state index contributed by atoms with van der Waals surface area (Å²) in [4.78, 5) is 16.8. The summed E-state index contributed by atoms with van der Waals surface area (Å²) in [6, 6.07) is 12.2. The molecule has 0 bridgehead atoms. The monoisotopic (exact) mass is 354 g/mol. The highest BCUT2D eigenvalue weighted by Gasteiger charge is 2.24. The molecule has 0 aliphatic carbocycles. The van der Waals surface area contributed by atoms with E-state index in [2.05, 4.69) is 15.6 Å². The van der Waals surface area contributed by atoms with Gasteiger partial charge in [0, 0.05) is 25.0 Å². The topological polar surface area (TPSA) is 68.2 Å². The summed E-state index contributed by atoms with van der Waals surface area (Å²) in [5, 5.41) is 5.37.